The maximum atomic E-state index is 12.3. The molecule has 2 heterocycles. The summed E-state index contributed by atoms with van der Waals surface area (Å²) in [5.41, 5.74) is 4.33. The first-order chi connectivity index (χ1) is 13.1. The Morgan fingerprint density at radius 3 is 2.59 bits per heavy atom. The predicted octanol–water partition coefficient (Wildman–Crippen LogP) is 4.88. The van der Waals surface area contributed by atoms with Gasteiger partial charge in [-0.25, -0.2) is 9.50 Å². The van der Waals surface area contributed by atoms with Gasteiger partial charge in [0.05, 0.1) is 17.1 Å². The standard InChI is InChI=1S/C20H14Cl2N4O/c21-16-5-6-18(17(22)11-16)25-20(27)9-13-1-3-14(4-2-13)15-7-8-26-19(10-15)23-12-24-26/h1-8,10-12H,9H2,(H,25,27). The number of hydrogen-bond donors (Lipinski definition) is 1. The molecule has 0 aliphatic heterocycles. The molecule has 0 saturated carbocycles. The van der Waals surface area contributed by atoms with E-state index in [0.717, 1.165) is 22.3 Å². The number of carbonyl (C=O) groups is 1. The number of carbonyl (C=O) groups excluding carboxylic acids is 1. The van der Waals surface area contributed by atoms with Gasteiger partial charge in [-0.2, -0.15) is 5.10 Å². The molecule has 0 unspecified atom stereocenters. The van der Waals surface area contributed by atoms with Crippen LogP contribution in [0.15, 0.2) is 67.1 Å². The molecule has 4 rings (SSSR count). The molecule has 0 atom stereocenters. The summed E-state index contributed by atoms with van der Waals surface area (Å²) in [7, 11) is 0. The highest BCUT2D eigenvalue weighted by Gasteiger charge is 2.08. The van der Waals surface area contributed by atoms with Crippen molar-refractivity contribution in [1.29, 1.82) is 0 Å². The lowest BCUT2D eigenvalue weighted by Crippen LogP contribution is -2.14. The number of amides is 1. The van der Waals surface area contributed by atoms with Crippen LogP contribution in [0.1, 0.15) is 5.56 Å². The highest BCUT2D eigenvalue weighted by Crippen LogP contribution is 2.26. The van der Waals surface area contributed by atoms with Crippen molar-refractivity contribution in [2.75, 3.05) is 5.32 Å². The lowest BCUT2D eigenvalue weighted by molar-refractivity contribution is -0.115. The summed E-state index contributed by atoms with van der Waals surface area (Å²) in [6.07, 6.45) is 3.64. The van der Waals surface area contributed by atoms with Crippen LogP contribution in [0.25, 0.3) is 16.8 Å². The number of anilines is 1. The zero-order chi connectivity index (χ0) is 18.8. The van der Waals surface area contributed by atoms with Crippen LogP contribution in [0.3, 0.4) is 0 Å². The molecule has 0 saturated heterocycles. The van der Waals surface area contributed by atoms with E-state index >= 15 is 0 Å². The largest absolute Gasteiger partial charge is 0.324 e. The molecule has 2 aromatic heterocycles. The summed E-state index contributed by atoms with van der Waals surface area (Å²) in [4.78, 5) is 16.5. The molecular weight excluding hydrogens is 383 g/mol. The van der Waals surface area contributed by atoms with Crippen molar-refractivity contribution in [2.24, 2.45) is 0 Å². The minimum absolute atomic E-state index is 0.142. The van der Waals surface area contributed by atoms with Gasteiger partial charge in [0.2, 0.25) is 5.91 Å². The summed E-state index contributed by atoms with van der Waals surface area (Å²) in [6, 6.07) is 16.8. The Morgan fingerprint density at radius 1 is 1.00 bits per heavy atom. The number of benzene rings is 2. The summed E-state index contributed by atoms with van der Waals surface area (Å²) in [5.74, 6) is -0.142. The molecule has 0 aliphatic rings. The molecule has 1 N–H and O–H groups in total. The van der Waals surface area contributed by atoms with Crippen molar-refractivity contribution in [3.05, 3.63) is 82.7 Å². The second kappa shape index (κ2) is 7.39. The third-order valence-electron chi connectivity index (χ3n) is 4.14. The molecule has 0 radical (unpaired) electrons. The average Bonchev–Trinajstić information content (AvgIpc) is 3.12. The van der Waals surface area contributed by atoms with Crippen LogP contribution in [0.4, 0.5) is 5.69 Å². The molecule has 0 spiro atoms. The van der Waals surface area contributed by atoms with Crippen LogP contribution in [0.2, 0.25) is 10.0 Å². The normalized spacial score (nSPS) is 10.9. The van der Waals surface area contributed by atoms with Gasteiger partial charge in [0.25, 0.3) is 0 Å². The Bertz CT molecular complexity index is 1120. The van der Waals surface area contributed by atoms with E-state index in [-0.39, 0.29) is 12.3 Å². The Hall–Kier alpha value is -2.89. The number of halogens is 2. The molecule has 134 valence electrons. The molecule has 1 amide bonds. The fourth-order valence-electron chi connectivity index (χ4n) is 2.78. The highest BCUT2D eigenvalue weighted by atomic mass is 35.5. The van der Waals surface area contributed by atoms with E-state index < -0.39 is 0 Å². The fraction of sp³-hybridized carbons (Fsp3) is 0.0500. The Labute approximate surface area is 165 Å². The van der Waals surface area contributed by atoms with Crippen molar-refractivity contribution in [3.63, 3.8) is 0 Å². The first-order valence-corrected chi connectivity index (χ1v) is 8.98. The van der Waals surface area contributed by atoms with E-state index in [4.69, 9.17) is 23.2 Å². The minimum Gasteiger partial charge on any atom is -0.324 e. The number of hydrogen-bond acceptors (Lipinski definition) is 3. The van der Waals surface area contributed by atoms with E-state index in [0.29, 0.717) is 15.7 Å². The first kappa shape index (κ1) is 17.5. The van der Waals surface area contributed by atoms with Crippen molar-refractivity contribution in [1.82, 2.24) is 14.6 Å². The number of fused-ring (bicyclic) bond motifs is 1. The summed E-state index contributed by atoms with van der Waals surface area (Å²) < 4.78 is 1.71. The van der Waals surface area contributed by atoms with Gasteiger partial charge < -0.3 is 5.32 Å². The Kier molecular flexibility index (Phi) is 4.79. The van der Waals surface area contributed by atoms with E-state index in [9.17, 15) is 4.79 Å². The molecule has 7 heteroatoms. The smallest absolute Gasteiger partial charge is 0.228 e. The number of rotatable bonds is 4. The van der Waals surface area contributed by atoms with Crippen molar-refractivity contribution in [3.8, 4) is 11.1 Å². The van der Waals surface area contributed by atoms with Crippen LogP contribution < -0.4 is 5.32 Å². The molecule has 0 aliphatic carbocycles. The second-order valence-electron chi connectivity index (χ2n) is 6.02. The molecule has 27 heavy (non-hydrogen) atoms. The molecule has 4 aromatic rings. The third kappa shape index (κ3) is 3.94. The number of nitrogens with zero attached hydrogens (tertiary/aromatic N) is 3. The monoisotopic (exact) mass is 396 g/mol. The van der Waals surface area contributed by atoms with E-state index in [2.05, 4.69) is 15.4 Å². The lowest BCUT2D eigenvalue weighted by atomic mass is 10.0. The topological polar surface area (TPSA) is 59.3 Å². The van der Waals surface area contributed by atoms with Gasteiger partial charge in [-0.1, -0.05) is 47.5 Å². The average molecular weight is 397 g/mol. The molecule has 5 nitrogen and oxygen atoms in total. The number of aromatic nitrogens is 3. The fourth-order valence-corrected chi connectivity index (χ4v) is 3.24. The Balaban J connectivity index is 1.46. The highest BCUT2D eigenvalue weighted by molar-refractivity contribution is 6.36. The van der Waals surface area contributed by atoms with Crippen LogP contribution >= 0.6 is 23.2 Å². The van der Waals surface area contributed by atoms with Gasteiger partial charge in [-0.05, 0) is 47.0 Å². The van der Waals surface area contributed by atoms with Crippen LogP contribution in [-0.4, -0.2) is 20.5 Å². The second-order valence-corrected chi connectivity index (χ2v) is 6.87. The molecule has 0 fully saturated rings. The van der Waals surface area contributed by atoms with Crippen molar-refractivity contribution in [2.45, 2.75) is 6.42 Å². The van der Waals surface area contributed by atoms with E-state index in [1.807, 2.05) is 42.6 Å². The van der Waals surface area contributed by atoms with Crippen molar-refractivity contribution < 1.29 is 4.79 Å². The maximum absolute atomic E-state index is 12.3. The zero-order valence-corrected chi connectivity index (χ0v) is 15.6. The summed E-state index contributed by atoms with van der Waals surface area (Å²) in [5, 5.41) is 7.83. The predicted molar refractivity (Wildman–Crippen MR) is 107 cm³/mol. The van der Waals surface area contributed by atoms with Crippen LogP contribution in [-0.2, 0) is 11.2 Å². The van der Waals surface area contributed by atoms with Gasteiger partial charge in [0.1, 0.15) is 6.33 Å². The SMILES string of the molecule is O=C(Cc1ccc(-c2ccn3ncnc3c2)cc1)Nc1ccc(Cl)cc1Cl. The van der Waals surface area contributed by atoms with Crippen molar-refractivity contribution >= 4 is 40.4 Å². The lowest BCUT2D eigenvalue weighted by Gasteiger charge is -2.08. The quantitative estimate of drug-likeness (QED) is 0.534. The van der Waals surface area contributed by atoms with Gasteiger partial charge in [-0.3, -0.25) is 4.79 Å². The summed E-state index contributed by atoms with van der Waals surface area (Å²) in [6.45, 7) is 0. The number of nitrogens with one attached hydrogen (secondary N) is 1. The van der Waals surface area contributed by atoms with Gasteiger partial charge in [0.15, 0.2) is 5.65 Å². The third-order valence-corrected chi connectivity index (χ3v) is 4.69. The summed E-state index contributed by atoms with van der Waals surface area (Å²) >= 11 is 12.0. The number of pyridine rings is 1. The molecular formula is C20H14Cl2N4O. The van der Waals surface area contributed by atoms with Gasteiger partial charge in [0, 0.05) is 11.2 Å². The first-order valence-electron chi connectivity index (χ1n) is 8.22. The van der Waals surface area contributed by atoms with Crippen LogP contribution in [0, 0.1) is 0 Å². The van der Waals surface area contributed by atoms with E-state index in [1.165, 1.54) is 6.33 Å². The van der Waals surface area contributed by atoms with E-state index in [1.54, 1.807) is 22.7 Å². The Morgan fingerprint density at radius 2 is 1.81 bits per heavy atom. The zero-order valence-electron chi connectivity index (χ0n) is 14.1. The minimum atomic E-state index is -0.142. The maximum Gasteiger partial charge on any atom is 0.228 e. The molecule has 0 bridgehead atoms. The van der Waals surface area contributed by atoms with Gasteiger partial charge >= 0.3 is 0 Å². The van der Waals surface area contributed by atoms with Gasteiger partial charge in [-0.15, -0.1) is 0 Å². The van der Waals surface area contributed by atoms with Crippen LogP contribution in [0.5, 0.6) is 0 Å². The molecule has 2 aromatic carbocycles.